The number of nitrogens with two attached hydrogens (primary N) is 1. The van der Waals surface area contributed by atoms with Crippen molar-refractivity contribution in [3.63, 3.8) is 0 Å². The van der Waals surface area contributed by atoms with Gasteiger partial charge in [0.05, 0.1) is 11.4 Å². The summed E-state index contributed by atoms with van der Waals surface area (Å²) in [5.41, 5.74) is 6.70. The molecule has 3 N–H and O–H groups in total. The third-order valence-corrected chi connectivity index (χ3v) is 4.83. The molecule has 0 saturated heterocycles. The average molecular weight is 272 g/mol. The van der Waals surface area contributed by atoms with E-state index in [9.17, 15) is 8.42 Å². The Morgan fingerprint density at radius 2 is 2.11 bits per heavy atom. The summed E-state index contributed by atoms with van der Waals surface area (Å²) in [7, 11) is -3.43. The van der Waals surface area contributed by atoms with Crippen LogP contribution in [0.15, 0.2) is 4.90 Å². The molecule has 0 spiro atoms. The molecule has 0 bridgehead atoms. The number of hydrogen-bond donors (Lipinski definition) is 2. The number of aryl methyl sites for hydroxylation is 2. The van der Waals surface area contributed by atoms with E-state index in [1.165, 1.54) is 0 Å². The number of nitrogens with one attached hydrogen (secondary N) is 1. The molecule has 1 heterocycles. The van der Waals surface area contributed by atoms with Gasteiger partial charge in [-0.25, -0.2) is 13.1 Å². The number of nitrogens with zero attached hydrogens (tertiary/aromatic N) is 2. The van der Waals surface area contributed by atoms with E-state index in [-0.39, 0.29) is 6.04 Å². The molecule has 1 aliphatic rings. The van der Waals surface area contributed by atoms with Gasteiger partial charge in [-0.1, -0.05) is 0 Å². The van der Waals surface area contributed by atoms with Crippen LogP contribution in [0, 0.1) is 13.8 Å². The Balaban J connectivity index is 2.29. The Hall–Kier alpha value is -0.920. The molecule has 0 atom stereocenters. The van der Waals surface area contributed by atoms with Gasteiger partial charge in [0.1, 0.15) is 4.90 Å². The maximum absolute atomic E-state index is 12.2. The Kier molecular flexibility index (Phi) is 3.74. The van der Waals surface area contributed by atoms with Gasteiger partial charge in [-0.05, 0) is 39.7 Å². The summed E-state index contributed by atoms with van der Waals surface area (Å²) in [6.45, 7) is 4.74. The molecule has 0 unspecified atom stereocenters. The molecule has 6 nitrogen and oxygen atoms in total. The van der Waals surface area contributed by atoms with Gasteiger partial charge >= 0.3 is 0 Å². The van der Waals surface area contributed by atoms with E-state index in [1.54, 1.807) is 18.5 Å². The minimum atomic E-state index is -3.43. The van der Waals surface area contributed by atoms with Gasteiger partial charge in [0.25, 0.3) is 0 Å². The maximum Gasteiger partial charge on any atom is 0.244 e. The lowest BCUT2D eigenvalue weighted by Gasteiger charge is -2.06. The molecule has 102 valence electrons. The van der Waals surface area contributed by atoms with Crippen molar-refractivity contribution in [2.45, 2.75) is 50.6 Å². The fourth-order valence-corrected chi connectivity index (χ4v) is 3.72. The minimum absolute atomic E-state index is 0.112. The van der Waals surface area contributed by atoms with Gasteiger partial charge in [0.2, 0.25) is 10.0 Å². The van der Waals surface area contributed by atoms with Crippen LogP contribution >= 0.6 is 0 Å². The summed E-state index contributed by atoms with van der Waals surface area (Å²) in [5.74, 6) is 0. The number of rotatable bonds is 6. The molecular formula is C11H20N4O2S. The second kappa shape index (κ2) is 4.99. The molecule has 0 aromatic carbocycles. The topological polar surface area (TPSA) is 90.0 Å². The fourth-order valence-electron chi connectivity index (χ4n) is 2.01. The van der Waals surface area contributed by atoms with Gasteiger partial charge in [0, 0.05) is 12.6 Å². The third kappa shape index (κ3) is 2.73. The summed E-state index contributed by atoms with van der Waals surface area (Å²) < 4.78 is 28.9. The Labute approximate surface area is 108 Å². The van der Waals surface area contributed by atoms with E-state index in [0.29, 0.717) is 29.4 Å². The number of hydrogen-bond acceptors (Lipinski definition) is 4. The first-order valence-corrected chi connectivity index (χ1v) is 7.70. The van der Waals surface area contributed by atoms with Gasteiger partial charge in [-0.3, -0.25) is 4.68 Å². The standard InChI is InChI=1S/C11H20N4O2S/c1-8-11(18(16,17)14-10-4-5-10)9(2)15(13-8)7-3-6-12/h10,14H,3-7,12H2,1-2H3. The lowest BCUT2D eigenvalue weighted by atomic mass is 10.4. The third-order valence-electron chi connectivity index (χ3n) is 3.06. The van der Waals surface area contributed by atoms with Crippen molar-refractivity contribution in [2.75, 3.05) is 6.54 Å². The highest BCUT2D eigenvalue weighted by Crippen LogP contribution is 2.25. The fraction of sp³-hybridized carbons (Fsp3) is 0.727. The summed E-state index contributed by atoms with van der Waals surface area (Å²) in [4.78, 5) is 0.325. The van der Waals surface area contributed by atoms with Crippen molar-refractivity contribution in [3.05, 3.63) is 11.4 Å². The first-order chi connectivity index (χ1) is 8.45. The molecule has 0 aliphatic heterocycles. The zero-order valence-corrected chi connectivity index (χ0v) is 11.6. The predicted molar refractivity (Wildman–Crippen MR) is 68.7 cm³/mol. The van der Waals surface area contributed by atoms with Crippen molar-refractivity contribution in [1.29, 1.82) is 0 Å². The zero-order valence-electron chi connectivity index (χ0n) is 10.8. The first-order valence-electron chi connectivity index (χ1n) is 6.22. The van der Waals surface area contributed by atoms with Crippen molar-refractivity contribution in [2.24, 2.45) is 5.73 Å². The van der Waals surface area contributed by atoms with Crippen LogP contribution in [0.1, 0.15) is 30.7 Å². The summed E-state index contributed by atoms with van der Waals surface area (Å²) in [6.07, 6.45) is 2.65. The van der Waals surface area contributed by atoms with E-state index in [2.05, 4.69) is 9.82 Å². The maximum atomic E-state index is 12.2. The van der Waals surface area contributed by atoms with E-state index in [4.69, 9.17) is 5.73 Å². The molecule has 1 fully saturated rings. The Bertz CT molecular complexity index is 531. The van der Waals surface area contributed by atoms with Crippen LogP contribution in [-0.2, 0) is 16.6 Å². The quantitative estimate of drug-likeness (QED) is 0.779. The number of aromatic nitrogens is 2. The average Bonchev–Trinajstić information content (AvgIpc) is 3.01. The van der Waals surface area contributed by atoms with Crippen LogP contribution < -0.4 is 10.5 Å². The van der Waals surface area contributed by atoms with Crippen molar-refractivity contribution >= 4 is 10.0 Å². The zero-order chi connectivity index (χ0) is 13.3. The van der Waals surface area contributed by atoms with E-state index >= 15 is 0 Å². The highest BCUT2D eigenvalue weighted by Gasteiger charge is 2.31. The van der Waals surface area contributed by atoms with E-state index in [0.717, 1.165) is 19.3 Å². The van der Waals surface area contributed by atoms with Gasteiger partial charge in [-0.15, -0.1) is 0 Å². The molecule has 1 aromatic rings. The van der Waals surface area contributed by atoms with Crippen LogP contribution in [0.25, 0.3) is 0 Å². The van der Waals surface area contributed by atoms with Crippen LogP contribution in [-0.4, -0.2) is 30.8 Å². The molecule has 1 aromatic heterocycles. The summed E-state index contributed by atoms with van der Waals surface area (Å²) >= 11 is 0. The van der Waals surface area contributed by atoms with Crippen molar-refractivity contribution in [3.8, 4) is 0 Å². The highest BCUT2D eigenvalue weighted by atomic mass is 32.2. The Morgan fingerprint density at radius 3 is 2.67 bits per heavy atom. The van der Waals surface area contributed by atoms with Crippen LogP contribution in [0.3, 0.4) is 0 Å². The molecule has 1 saturated carbocycles. The molecule has 1 aliphatic carbocycles. The monoisotopic (exact) mass is 272 g/mol. The molecular weight excluding hydrogens is 252 g/mol. The SMILES string of the molecule is Cc1nn(CCCN)c(C)c1S(=O)(=O)NC1CC1. The summed E-state index contributed by atoms with van der Waals surface area (Å²) in [6, 6.07) is 0.112. The normalized spacial score (nSPS) is 16.2. The van der Waals surface area contributed by atoms with Gasteiger partial charge in [0.15, 0.2) is 0 Å². The lowest BCUT2D eigenvalue weighted by Crippen LogP contribution is -2.26. The first kappa shape index (κ1) is 13.5. The second-order valence-electron chi connectivity index (χ2n) is 4.76. The highest BCUT2D eigenvalue weighted by molar-refractivity contribution is 7.89. The molecule has 2 rings (SSSR count). The predicted octanol–water partition coefficient (Wildman–Crippen LogP) is 0.289. The van der Waals surface area contributed by atoms with Crippen molar-refractivity contribution < 1.29 is 8.42 Å². The second-order valence-corrected chi connectivity index (χ2v) is 6.41. The molecule has 0 amide bonds. The van der Waals surface area contributed by atoms with E-state index in [1.807, 2.05) is 0 Å². The minimum Gasteiger partial charge on any atom is -0.330 e. The molecule has 0 radical (unpaired) electrons. The Morgan fingerprint density at radius 1 is 1.44 bits per heavy atom. The van der Waals surface area contributed by atoms with E-state index < -0.39 is 10.0 Å². The van der Waals surface area contributed by atoms with Crippen molar-refractivity contribution in [1.82, 2.24) is 14.5 Å². The van der Waals surface area contributed by atoms with Crippen LogP contribution in [0.2, 0.25) is 0 Å². The van der Waals surface area contributed by atoms with Crippen LogP contribution in [0.4, 0.5) is 0 Å². The van der Waals surface area contributed by atoms with Gasteiger partial charge in [-0.2, -0.15) is 5.10 Å². The molecule has 7 heteroatoms. The van der Waals surface area contributed by atoms with Gasteiger partial charge < -0.3 is 5.73 Å². The molecule has 18 heavy (non-hydrogen) atoms. The smallest absolute Gasteiger partial charge is 0.244 e. The number of sulfonamides is 1. The van der Waals surface area contributed by atoms with Crippen LogP contribution in [0.5, 0.6) is 0 Å². The summed E-state index contributed by atoms with van der Waals surface area (Å²) in [5, 5.41) is 4.28. The largest absolute Gasteiger partial charge is 0.330 e. The lowest BCUT2D eigenvalue weighted by molar-refractivity contribution is 0.563.